The zero-order valence-electron chi connectivity index (χ0n) is 16.6. The summed E-state index contributed by atoms with van der Waals surface area (Å²) in [5.41, 5.74) is 0.539. The van der Waals surface area contributed by atoms with E-state index in [0.717, 1.165) is 16.8 Å². The lowest BCUT2D eigenvalue weighted by Gasteiger charge is -2.24. The number of pyridine rings is 1. The number of carbonyl (C=O) groups excluding carboxylic acids is 1. The number of hydrogen-bond donors (Lipinski definition) is 0. The summed E-state index contributed by atoms with van der Waals surface area (Å²) in [6.07, 6.45) is 1.26. The van der Waals surface area contributed by atoms with Gasteiger partial charge in [-0.3, -0.25) is 4.79 Å². The van der Waals surface area contributed by atoms with Crippen LogP contribution in [0.5, 0.6) is 11.5 Å². The van der Waals surface area contributed by atoms with Gasteiger partial charge >= 0.3 is 5.97 Å². The van der Waals surface area contributed by atoms with E-state index in [1.54, 1.807) is 19.1 Å². The van der Waals surface area contributed by atoms with Crippen molar-refractivity contribution in [3.63, 3.8) is 0 Å². The van der Waals surface area contributed by atoms with Crippen LogP contribution in [0.25, 0.3) is 38.5 Å². The number of furan rings is 1. The van der Waals surface area contributed by atoms with Crippen LogP contribution in [0.15, 0.2) is 57.9 Å². The van der Waals surface area contributed by atoms with Gasteiger partial charge < -0.3 is 18.5 Å². The average molecular weight is 433 g/mol. The molecular formula is C24H13F2NO5. The van der Waals surface area contributed by atoms with Gasteiger partial charge in [-0.15, -0.1) is 0 Å². The van der Waals surface area contributed by atoms with Gasteiger partial charge in [-0.2, -0.15) is 4.39 Å². The lowest BCUT2D eigenvalue weighted by molar-refractivity contribution is 0.0524. The summed E-state index contributed by atoms with van der Waals surface area (Å²) in [5.74, 6) is -3.53. The summed E-state index contributed by atoms with van der Waals surface area (Å²) in [7, 11) is 0. The summed E-state index contributed by atoms with van der Waals surface area (Å²) in [4.78, 5) is 25.3. The molecule has 0 unspecified atom stereocenters. The average Bonchev–Trinajstić information content (AvgIpc) is 3.15. The number of nitrogens with zero attached hydrogens (tertiary/aromatic N) is 1. The van der Waals surface area contributed by atoms with Crippen LogP contribution in [0, 0.1) is 11.6 Å². The molecular weight excluding hydrogens is 420 g/mol. The fraction of sp³-hybridized carbons (Fsp3) is 0.0833. The number of hydrogen-bond acceptors (Lipinski definition) is 5. The number of rotatable bonds is 2. The van der Waals surface area contributed by atoms with Crippen LogP contribution in [0.3, 0.4) is 0 Å². The lowest BCUT2D eigenvalue weighted by Crippen LogP contribution is -2.22. The van der Waals surface area contributed by atoms with Gasteiger partial charge in [0.1, 0.15) is 22.2 Å². The normalized spacial score (nSPS) is 12.2. The summed E-state index contributed by atoms with van der Waals surface area (Å²) in [5, 5.41) is 1.36. The van der Waals surface area contributed by atoms with Gasteiger partial charge in [0, 0.05) is 23.0 Å². The summed E-state index contributed by atoms with van der Waals surface area (Å²) < 4.78 is 47.2. The quantitative estimate of drug-likeness (QED) is 0.340. The monoisotopic (exact) mass is 433 g/mol. The number of ether oxygens (including phenoxy) is 2. The summed E-state index contributed by atoms with van der Waals surface area (Å²) in [6, 6.07) is 11.5. The van der Waals surface area contributed by atoms with Gasteiger partial charge in [-0.25, -0.2) is 9.18 Å². The Morgan fingerprint density at radius 3 is 2.69 bits per heavy atom. The third kappa shape index (κ3) is 2.37. The van der Waals surface area contributed by atoms with E-state index in [0.29, 0.717) is 16.9 Å². The minimum absolute atomic E-state index is 0.0184. The summed E-state index contributed by atoms with van der Waals surface area (Å²) >= 11 is 0. The highest BCUT2D eigenvalue weighted by Crippen LogP contribution is 2.45. The largest absolute Gasteiger partial charge is 0.462 e. The topological polar surface area (TPSA) is 70.7 Å². The number of fused-ring (bicyclic) bond motifs is 5. The fourth-order valence-electron chi connectivity index (χ4n) is 4.16. The van der Waals surface area contributed by atoms with Gasteiger partial charge in [-0.05, 0) is 25.1 Å². The van der Waals surface area contributed by atoms with E-state index >= 15 is 0 Å². The molecule has 0 spiro atoms. The Labute approximate surface area is 178 Å². The zero-order chi connectivity index (χ0) is 22.1. The van der Waals surface area contributed by atoms with E-state index in [1.165, 1.54) is 10.8 Å². The number of benzene rings is 3. The standard InChI is InChI=1S/C24H13F2NO5/c1-2-30-24(29)14-10-27-16-9-18-12(11-5-3-4-6-17(11)31-18)8-19(16)32-23-20(26)15(25)7-13(21(23)27)22(14)28/h3-10H,2H2,1H3. The number of esters is 1. The lowest BCUT2D eigenvalue weighted by atomic mass is 10.1. The van der Waals surface area contributed by atoms with E-state index in [1.807, 2.05) is 24.3 Å². The van der Waals surface area contributed by atoms with Gasteiger partial charge in [0.2, 0.25) is 11.2 Å². The first kappa shape index (κ1) is 18.6. The molecule has 0 saturated heterocycles. The molecule has 0 amide bonds. The van der Waals surface area contributed by atoms with Crippen molar-refractivity contribution in [1.82, 2.24) is 4.57 Å². The Morgan fingerprint density at radius 2 is 1.88 bits per heavy atom. The Bertz CT molecular complexity index is 1680. The molecule has 3 heterocycles. The maximum absolute atomic E-state index is 14.7. The van der Waals surface area contributed by atoms with E-state index in [9.17, 15) is 18.4 Å². The predicted octanol–water partition coefficient (Wildman–Crippen LogP) is 5.45. The molecule has 32 heavy (non-hydrogen) atoms. The Balaban J connectivity index is 1.75. The van der Waals surface area contributed by atoms with Crippen molar-refractivity contribution < 1.29 is 27.5 Å². The van der Waals surface area contributed by atoms with Crippen LogP contribution in [0.2, 0.25) is 0 Å². The molecule has 0 saturated carbocycles. The van der Waals surface area contributed by atoms with Crippen molar-refractivity contribution in [3.05, 3.63) is 76.1 Å². The van der Waals surface area contributed by atoms with E-state index in [-0.39, 0.29) is 28.8 Å². The first-order valence-corrected chi connectivity index (χ1v) is 9.86. The van der Waals surface area contributed by atoms with Crippen molar-refractivity contribution >= 4 is 38.8 Å². The minimum atomic E-state index is -1.25. The molecule has 6 nitrogen and oxygen atoms in total. The molecule has 0 fully saturated rings. The molecule has 0 atom stereocenters. The SMILES string of the molecule is CCOC(=O)c1cn2c3c(c(F)c(F)cc3c1=O)Oc1cc3c(cc1-2)oc1ccccc13. The summed E-state index contributed by atoms with van der Waals surface area (Å²) in [6.45, 7) is 1.66. The number of para-hydroxylation sites is 1. The molecule has 1 aliphatic heterocycles. The molecule has 6 rings (SSSR count). The maximum Gasteiger partial charge on any atom is 0.343 e. The van der Waals surface area contributed by atoms with Crippen molar-refractivity contribution in [2.24, 2.45) is 0 Å². The Morgan fingerprint density at radius 1 is 1.06 bits per heavy atom. The molecule has 0 N–H and O–H groups in total. The molecule has 1 aliphatic rings. The molecule has 0 radical (unpaired) electrons. The van der Waals surface area contributed by atoms with E-state index < -0.39 is 28.8 Å². The third-order valence-corrected chi connectivity index (χ3v) is 5.56. The molecule has 0 bridgehead atoms. The molecule has 5 aromatic rings. The predicted molar refractivity (Wildman–Crippen MR) is 113 cm³/mol. The van der Waals surface area contributed by atoms with Crippen LogP contribution in [-0.4, -0.2) is 17.1 Å². The van der Waals surface area contributed by atoms with Crippen molar-refractivity contribution in [2.45, 2.75) is 6.92 Å². The van der Waals surface area contributed by atoms with Crippen LogP contribution in [0.4, 0.5) is 8.78 Å². The first-order valence-electron chi connectivity index (χ1n) is 9.86. The second-order valence-electron chi connectivity index (χ2n) is 7.38. The molecule has 0 aliphatic carbocycles. The highest BCUT2D eigenvalue weighted by atomic mass is 19.2. The highest BCUT2D eigenvalue weighted by molar-refractivity contribution is 6.07. The third-order valence-electron chi connectivity index (χ3n) is 5.56. The van der Waals surface area contributed by atoms with E-state index in [4.69, 9.17) is 13.9 Å². The van der Waals surface area contributed by atoms with Gasteiger partial charge in [0.15, 0.2) is 17.3 Å². The molecule has 3 aromatic carbocycles. The van der Waals surface area contributed by atoms with Gasteiger partial charge in [0.25, 0.3) is 0 Å². The molecule has 158 valence electrons. The highest BCUT2D eigenvalue weighted by Gasteiger charge is 2.29. The van der Waals surface area contributed by atoms with E-state index in [2.05, 4.69) is 0 Å². The zero-order valence-corrected chi connectivity index (χ0v) is 16.6. The Kier molecular flexibility index (Phi) is 3.71. The second kappa shape index (κ2) is 6.40. The van der Waals surface area contributed by atoms with Gasteiger partial charge in [-0.1, -0.05) is 18.2 Å². The van der Waals surface area contributed by atoms with Crippen molar-refractivity contribution in [3.8, 4) is 17.2 Å². The fourth-order valence-corrected chi connectivity index (χ4v) is 4.16. The molecule has 2 aromatic heterocycles. The number of aromatic nitrogens is 1. The van der Waals surface area contributed by atoms with Crippen LogP contribution in [0.1, 0.15) is 17.3 Å². The van der Waals surface area contributed by atoms with Crippen molar-refractivity contribution in [2.75, 3.05) is 6.61 Å². The minimum Gasteiger partial charge on any atom is -0.462 e. The van der Waals surface area contributed by atoms with Crippen molar-refractivity contribution in [1.29, 1.82) is 0 Å². The second-order valence-corrected chi connectivity index (χ2v) is 7.38. The number of halogens is 2. The van der Waals surface area contributed by atoms with Crippen LogP contribution < -0.4 is 10.2 Å². The van der Waals surface area contributed by atoms with Gasteiger partial charge in [0.05, 0.1) is 17.7 Å². The Hall–Kier alpha value is -4.20. The van der Waals surface area contributed by atoms with Crippen LogP contribution >= 0.6 is 0 Å². The smallest absolute Gasteiger partial charge is 0.343 e. The molecule has 8 heteroatoms. The first-order chi connectivity index (χ1) is 15.5. The maximum atomic E-state index is 14.7. The van der Waals surface area contributed by atoms with Crippen LogP contribution in [-0.2, 0) is 4.74 Å². The number of carbonyl (C=O) groups is 1.